The summed E-state index contributed by atoms with van der Waals surface area (Å²) < 4.78 is 0. The molecule has 3 heterocycles. The topological polar surface area (TPSA) is 101 Å². The summed E-state index contributed by atoms with van der Waals surface area (Å²) >= 11 is 1.22. The molecule has 3 rings (SSSR count). The summed E-state index contributed by atoms with van der Waals surface area (Å²) in [7, 11) is 1.58. The fourth-order valence-electron chi connectivity index (χ4n) is 2.61. The van der Waals surface area contributed by atoms with Crippen molar-refractivity contribution in [1.82, 2.24) is 20.4 Å². The molecule has 0 aliphatic carbocycles. The standard InChI is InChI=1S/C13H15N5O2S/c1-15-11(19)8-3-2-6-18(8)13(20)10-9(14)7-4-5-16-17-12(7)21-10/h4-5,8H,2-3,6,14H2,1H3,(H,15,19). The second-order valence-electron chi connectivity index (χ2n) is 4.87. The molecule has 1 saturated heterocycles. The van der Waals surface area contributed by atoms with E-state index < -0.39 is 6.04 Å². The molecule has 0 bridgehead atoms. The van der Waals surface area contributed by atoms with E-state index in [1.54, 1.807) is 24.2 Å². The van der Waals surface area contributed by atoms with E-state index in [2.05, 4.69) is 15.5 Å². The van der Waals surface area contributed by atoms with Crippen LogP contribution >= 0.6 is 11.3 Å². The molecular formula is C13H15N5O2S. The number of carbonyl (C=O) groups is 2. The number of thiophene rings is 1. The van der Waals surface area contributed by atoms with Crippen LogP contribution in [-0.4, -0.2) is 46.5 Å². The Hall–Kier alpha value is -2.22. The van der Waals surface area contributed by atoms with Gasteiger partial charge in [-0.2, -0.15) is 5.10 Å². The molecule has 8 heteroatoms. The van der Waals surface area contributed by atoms with Crippen molar-refractivity contribution in [1.29, 1.82) is 0 Å². The van der Waals surface area contributed by atoms with E-state index in [9.17, 15) is 9.59 Å². The van der Waals surface area contributed by atoms with E-state index >= 15 is 0 Å². The quantitative estimate of drug-likeness (QED) is 0.847. The highest BCUT2D eigenvalue weighted by molar-refractivity contribution is 7.21. The first kappa shape index (κ1) is 13.7. The highest BCUT2D eigenvalue weighted by Gasteiger charge is 2.35. The van der Waals surface area contributed by atoms with E-state index in [-0.39, 0.29) is 11.8 Å². The van der Waals surface area contributed by atoms with Gasteiger partial charge in [-0.05, 0) is 18.9 Å². The molecule has 2 aromatic heterocycles. The lowest BCUT2D eigenvalue weighted by molar-refractivity contribution is -0.124. The fourth-order valence-corrected chi connectivity index (χ4v) is 3.61. The first-order valence-corrected chi connectivity index (χ1v) is 7.47. The van der Waals surface area contributed by atoms with Crippen LogP contribution in [0.2, 0.25) is 0 Å². The van der Waals surface area contributed by atoms with Gasteiger partial charge in [0.25, 0.3) is 5.91 Å². The Labute approximate surface area is 125 Å². The van der Waals surface area contributed by atoms with Gasteiger partial charge < -0.3 is 16.0 Å². The van der Waals surface area contributed by atoms with Crippen LogP contribution in [0.4, 0.5) is 5.69 Å². The van der Waals surface area contributed by atoms with Gasteiger partial charge in [-0.1, -0.05) is 0 Å². The molecule has 7 nitrogen and oxygen atoms in total. The SMILES string of the molecule is CNC(=O)C1CCCN1C(=O)c1sc2nnccc2c1N. The average molecular weight is 305 g/mol. The number of hydrogen-bond acceptors (Lipinski definition) is 6. The monoisotopic (exact) mass is 305 g/mol. The van der Waals surface area contributed by atoms with Crippen molar-refractivity contribution in [2.75, 3.05) is 19.3 Å². The number of likely N-dealkylation sites (tertiary alicyclic amines) is 1. The van der Waals surface area contributed by atoms with Crippen LogP contribution in [0.3, 0.4) is 0 Å². The number of anilines is 1. The number of hydrogen-bond donors (Lipinski definition) is 2. The first-order chi connectivity index (χ1) is 10.1. The van der Waals surface area contributed by atoms with Crippen molar-refractivity contribution >= 4 is 39.1 Å². The zero-order valence-electron chi connectivity index (χ0n) is 11.5. The third-order valence-corrected chi connectivity index (χ3v) is 4.77. The number of nitrogens with zero attached hydrogens (tertiary/aromatic N) is 3. The normalized spacial score (nSPS) is 18.1. The second-order valence-corrected chi connectivity index (χ2v) is 5.86. The highest BCUT2D eigenvalue weighted by Crippen LogP contribution is 2.34. The summed E-state index contributed by atoms with van der Waals surface area (Å²) in [5, 5.41) is 11.1. The van der Waals surface area contributed by atoms with Gasteiger partial charge in [0.15, 0.2) is 0 Å². The molecule has 3 N–H and O–H groups in total. The molecule has 1 aliphatic rings. The minimum atomic E-state index is -0.418. The maximum absolute atomic E-state index is 12.7. The number of rotatable bonds is 2. The lowest BCUT2D eigenvalue weighted by Gasteiger charge is -2.22. The van der Waals surface area contributed by atoms with Crippen LogP contribution in [0, 0.1) is 0 Å². The van der Waals surface area contributed by atoms with E-state index in [1.165, 1.54) is 11.3 Å². The Morgan fingerprint density at radius 3 is 3.05 bits per heavy atom. The van der Waals surface area contributed by atoms with Crippen LogP contribution in [0.25, 0.3) is 10.2 Å². The molecule has 21 heavy (non-hydrogen) atoms. The van der Waals surface area contributed by atoms with Crippen molar-refractivity contribution in [3.63, 3.8) is 0 Å². The molecule has 0 radical (unpaired) electrons. The first-order valence-electron chi connectivity index (χ1n) is 6.65. The third kappa shape index (κ3) is 2.21. The number of likely N-dealkylation sites (N-methyl/N-ethyl adjacent to an activating group) is 1. The predicted molar refractivity (Wildman–Crippen MR) is 80.0 cm³/mol. The summed E-state index contributed by atoms with van der Waals surface area (Å²) in [6, 6.07) is 1.32. The largest absolute Gasteiger partial charge is 0.397 e. The number of carbonyl (C=O) groups excluding carboxylic acids is 2. The maximum atomic E-state index is 12.7. The van der Waals surface area contributed by atoms with Crippen molar-refractivity contribution in [3.05, 3.63) is 17.1 Å². The summed E-state index contributed by atoms with van der Waals surface area (Å²) in [5.41, 5.74) is 6.47. The molecule has 1 unspecified atom stereocenters. The molecule has 0 aromatic carbocycles. The van der Waals surface area contributed by atoms with Crippen molar-refractivity contribution in [2.45, 2.75) is 18.9 Å². The molecule has 1 aliphatic heterocycles. The average Bonchev–Trinajstić information content (AvgIpc) is 3.11. The molecule has 0 spiro atoms. The van der Waals surface area contributed by atoms with Gasteiger partial charge in [-0.15, -0.1) is 16.4 Å². The van der Waals surface area contributed by atoms with Crippen LogP contribution < -0.4 is 11.1 Å². The van der Waals surface area contributed by atoms with Crippen LogP contribution in [-0.2, 0) is 4.79 Å². The number of nitrogens with one attached hydrogen (secondary N) is 1. The summed E-state index contributed by atoms with van der Waals surface area (Å²) in [6.45, 7) is 0.566. The van der Waals surface area contributed by atoms with Crippen molar-refractivity contribution in [3.8, 4) is 0 Å². The summed E-state index contributed by atoms with van der Waals surface area (Å²) in [6.07, 6.45) is 3.04. The number of amides is 2. The third-order valence-electron chi connectivity index (χ3n) is 3.68. The van der Waals surface area contributed by atoms with Gasteiger partial charge in [-0.3, -0.25) is 9.59 Å². The van der Waals surface area contributed by atoms with E-state index in [0.29, 0.717) is 28.4 Å². The molecule has 2 amide bonds. The van der Waals surface area contributed by atoms with Gasteiger partial charge in [0, 0.05) is 19.0 Å². The molecule has 2 aromatic rings. The number of fused-ring (bicyclic) bond motifs is 1. The van der Waals surface area contributed by atoms with Crippen LogP contribution in [0.15, 0.2) is 12.3 Å². The van der Waals surface area contributed by atoms with Crippen molar-refractivity contribution < 1.29 is 9.59 Å². The lowest BCUT2D eigenvalue weighted by Crippen LogP contribution is -2.44. The van der Waals surface area contributed by atoms with Crippen molar-refractivity contribution in [2.24, 2.45) is 0 Å². The van der Waals surface area contributed by atoms with Crippen LogP contribution in [0.5, 0.6) is 0 Å². The summed E-state index contributed by atoms with van der Waals surface area (Å²) in [5.74, 6) is -0.345. The van der Waals surface area contributed by atoms with Gasteiger partial charge in [0.1, 0.15) is 15.7 Å². The molecule has 1 fully saturated rings. The Kier molecular flexibility index (Phi) is 3.46. The molecule has 0 saturated carbocycles. The molecule has 110 valence electrons. The van der Waals surface area contributed by atoms with Gasteiger partial charge in [0.05, 0.1) is 11.9 Å². The minimum absolute atomic E-state index is 0.139. The zero-order chi connectivity index (χ0) is 15.0. The number of aromatic nitrogens is 2. The van der Waals surface area contributed by atoms with Crippen LogP contribution in [0.1, 0.15) is 22.5 Å². The number of nitrogens with two attached hydrogens (primary N) is 1. The summed E-state index contributed by atoms with van der Waals surface area (Å²) in [4.78, 5) is 27.2. The van der Waals surface area contributed by atoms with E-state index in [4.69, 9.17) is 5.73 Å². The van der Waals surface area contributed by atoms with Gasteiger partial charge in [0.2, 0.25) is 5.91 Å². The van der Waals surface area contributed by atoms with E-state index in [0.717, 1.165) is 11.8 Å². The molecular weight excluding hydrogens is 290 g/mol. The Morgan fingerprint density at radius 1 is 1.52 bits per heavy atom. The van der Waals surface area contributed by atoms with Gasteiger partial charge >= 0.3 is 0 Å². The highest BCUT2D eigenvalue weighted by atomic mass is 32.1. The maximum Gasteiger partial charge on any atom is 0.266 e. The van der Waals surface area contributed by atoms with E-state index in [1.807, 2.05) is 0 Å². The van der Waals surface area contributed by atoms with Gasteiger partial charge in [-0.25, -0.2) is 0 Å². The minimum Gasteiger partial charge on any atom is -0.397 e. The smallest absolute Gasteiger partial charge is 0.266 e. The fraction of sp³-hybridized carbons (Fsp3) is 0.385. The number of nitrogen functional groups attached to an aromatic ring is 1. The Morgan fingerprint density at radius 2 is 2.33 bits per heavy atom. The Balaban J connectivity index is 1.96. The second kappa shape index (κ2) is 5.28. The lowest BCUT2D eigenvalue weighted by atomic mass is 10.2. The molecule has 1 atom stereocenters. The zero-order valence-corrected chi connectivity index (χ0v) is 12.3. The predicted octanol–water partition coefficient (Wildman–Crippen LogP) is 0.624. The Bertz CT molecular complexity index is 714.